The molecule has 4 aliphatic carbocycles. The zero-order chi connectivity index (χ0) is 26.2. The molecule has 0 radical (unpaired) electrons. The lowest BCUT2D eigenvalue weighted by Gasteiger charge is -2.70. The van der Waals surface area contributed by atoms with E-state index in [4.69, 9.17) is 14.2 Å². The van der Waals surface area contributed by atoms with Crippen LogP contribution in [0.4, 0.5) is 0 Å². The van der Waals surface area contributed by atoms with E-state index in [-0.39, 0.29) is 12.3 Å². The quantitative estimate of drug-likeness (QED) is 0.303. The fourth-order valence-electron chi connectivity index (χ4n) is 8.69. The van der Waals surface area contributed by atoms with Crippen molar-refractivity contribution >= 4 is 17.9 Å². The predicted molar refractivity (Wildman–Crippen MR) is 122 cm³/mol. The van der Waals surface area contributed by atoms with E-state index < -0.39 is 82.6 Å². The Kier molecular flexibility index (Phi) is 6.18. The van der Waals surface area contributed by atoms with Gasteiger partial charge in [-0.25, -0.2) is 0 Å². The normalized spacial score (nSPS) is 47.8. The van der Waals surface area contributed by atoms with Crippen LogP contribution in [0, 0.1) is 34.0 Å². The molecule has 4 aliphatic rings. The average Bonchev–Trinajstić information content (AvgIpc) is 2.90. The monoisotopic (exact) mass is 494 g/mol. The van der Waals surface area contributed by atoms with Gasteiger partial charge in [-0.2, -0.15) is 0 Å². The zero-order valence-electron chi connectivity index (χ0n) is 21.3. The van der Waals surface area contributed by atoms with E-state index in [9.17, 15) is 29.7 Å². The molecule has 4 saturated carbocycles. The Morgan fingerprint density at radius 2 is 1.46 bits per heavy atom. The van der Waals surface area contributed by atoms with Crippen LogP contribution in [0.25, 0.3) is 0 Å². The molecule has 0 aromatic heterocycles. The molecule has 0 saturated heterocycles. The topological polar surface area (TPSA) is 140 Å². The van der Waals surface area contributed by atoms with Crippen molar-refractivity contribution in [1.82, 2.24) is 0 Å². The Labute approximate surface area is 205 Å². The van der Waals surface area contributed by atoms with Crippen molar-refractivity contribution in [3.05, 3.63) is 12.2 Å². The molecule has 9 heteroatoms. The van der Waals surface area contributed by atoms with Gasteiger partial charge < -0.3 is 29.5 Å². The first kappa shape index (κ1) is 26.1. The Bertz CT molecular complexity index is 943. The van der Waals surface area contributed by atoms with Crippen LogP contribution in [-0.2, 0) is 28.6 Å². The van der Waals surface area contributed by atoms with Gasteiger partial charge in [0.25, 0.3) is 0 Å². The largest absolute Gasteiger partial charge is 0.462 e. The molecule has 4 fully saturated rings. The molecule has 2 bridgehead atoms. The molecule has 0 unspecified atom stereocenters. The molecule has 196 valence electrons. The summed E-state index contributed by atoms with van der Waals surface area (Å²) in [6.07, 6.45) is -5.14. The summed E-state index contributed by atoms with van der Waals surface area (Å²) in [6, 6.07) is 0. The smallest absolute Gasteiger partial charge is 0.303 e. The molecule has 4 rings (SSSR count). The second kappa shape index (κ2) is 8.28. The van der Waals surface area contributed by atoms with Crippen molar-refractivity contribution in [1.29, 1.82) is 0 Å². The number of aliphatic hydroxyl groups excluding tert-OH is 3. The molecular weight excluding hydrogens is 456 g/mol. The maximum absolute atomic E-state index is 12.3. The highest BCUT2D eigenvalue weighted by Gasteiger charge is 2.79. The van der Waals surface area contributed by atoms with Crippen LogP contribution in [0.3, 0.4) is 0 Å². The van der Waals surface area contributed by atoms with Crippen LogP contribution in [0.15, 0.2) is 12.2 Å². The van der Waals surface area contributed by atoms with Crippen molar-refractivity contribution in [3.63, 3.8) is 0 Å². The Balaban J connectivity index is 2.02. The standard InChI is InChI=1S/C26H38O9/c1-11-15-8-16(33-12(2)27)20-25(7)18(34-13(3)28)9-17(30)24(5,6)21(25)19(31)23(35-14(4)29)26(20,10-15)22(11)32/h15-23,30-32H,1,8-10H2,2-7H3/t15-,16+,17+,18+,19+,20+,21-,22-,23+,25+,26+/m1/s1. The van der Waals surface area contributed by atoms with Crippen LogP contribution in [-0.4, -0.2) is 69.9 Å². The van der Waals surface area contributed by atoms with E-state index in [0.717, 1.165) is 0 Å². The van der Waals surface area contributed by atoms with Crippen molar-refractivity contribution in [2.45, 2.75) is 97.4 Å². The third-order valence-electron chi connectivity index (χ3n) is 9.68. The predicted octanol–water partition coefficient (Wildman–Crippen LogP) is 1.51. The lowest BCUT2D eigenvalue weighted by molar-refractivity contribution is -0.323. The van der Waals surface area contributed by atoms with Crippen LogP contribution in [0.5, 0.6) is 0 Å². The number of hydrogen-bond donors (Lipinski definition) is 3. The first-order valence-corrected chi connectivity index (χ1v) is 12.3. The second-order valence-corrected chi connectivity index (χ2v) is 11.9. The number of aliphatic hydroxyl groups is 3. The molecule has 9 nitrogen and oxygen atoms in total. The molecule has 0 aromatic rings. The van der Waals surface area contributed by atoms with E-state index in [1.54, 1.807) is 0 Å². The minimum absolute atomic E-state index is 0.115. The molecule has 0 aromatic carbocycles. The van der Waals surface area contributed by atoms with Crippen molar-refractivity contribution in [3.8, 4) is 0 Å². The van der Waals surface area contributed by atoms with Crippen LogP contribution < -0.4 is 0 Å². The van der Waals surface area contributed by atoms with E-state index >= 15 is 0 Å². The fraction of sp³-hybridized carbons (Fsp3) is 0.808. The SMILES string of the molecule is C=C1[C@@H]2C[C@H](OC(C)=O)[C@H]3[C@]4(C)[C@@H](OC(C)=O)C[C@H](O)C(C)(C)[C@H]4[C@H](O)[C@H](OC(C)=O)[C@]3(C2)[C@@H]1O. The van der Waals surface area contributed by atoms with E-state index in [1.165, 1.54) is 20.8 Å². The molecule has 11 atom stereocenters. The summed E-state index contributed by atoms with van der Waals surface area (Å²) in [5, 5.41) is 34.7. The van der Waals surface area contributed by atoms with Gasteiger partial charge in [0.2, 0.25) is 0 Å². The summed E-state index contributed by atoms with van der Waals surface area (Å²) in [6.45, 7) is 13.5. The van der Waals surface area contributed by atoms with Crippen molar-refractivity contribution in [2.24, 2.45) is 34.0 Å². The summed E-state index contributed by atoms with van der Waals surface area (Å²) >= 11 is 0. The van der Waals surface area contributed by atoms with Gasteiger partial charge in [0.05, 0.1) is 18.3 Å². The van der Waals surface area contributed by atoms with Crippen LogP contribution >= 0.6 is 0 Å². The average molecular weight is 495 g/mol. The van der Waals surface area contributed by atoms with E-state index in [1.807, 2.05) is 20.8 Å². The van der Waals surface area contributed by atoms with Gasteiger partial charge >= 0.3 is 17.9 Å². The van der Waals surface area contributed by atoms with Crippen molar-refractivity contribution in [2.75, 3.05) is 0 Å². The lowest BCUT2D eigenvalue weighted by Crippen LogP contribution is -2.77. The first-order chi connectivity index (χ1) is 16.1. The zero-order valence-corrected chi connectivity index (χ0v) is 21.3. The number of esters is 3. The van der Waals surface area contributed by atoms with E-state index in [2.05, 4.69) is 6.58 Å². The van der Waals surface area contributed by atoms with Gasteiger partial charge in [0.15, 0.2) is 0 Å². The summed E-state index contributed by atoms with van der Waals surface area (Å²) in [7, 11) is 0. The highest BCUT2D eigenvalue weighted by molar-refractivity contribution is 5.67. The summed E-state index contributed by atoms with van der Waals surface area (Å²) in [5.41, 5.74) is -2.59. The fourth-order valence-corrected chi connectivity index (χ4v) is 8.69. The van der Waals surface area contributed by atoms with Gasteiger partial charge in [0, 0.05) is 49.9 Å². The first-order valence-electron chi connectivity index (χ1n) is 12.3. The van der Waals surface area contributed by atoms with Crippen LogP contribution in [0.1, 0.15) is 60.8 Å². The van der Waals surface area contributed by atoms with E-state index in [0.29, 0.717) is 18.4 Å². The maximum Gasteiger partial charge on any atom is 0.303 e. The molecule has 0 aliphatic heterocycles. The molecular formula is C26H38O9. The highest BCUT2D eigenvalue weighted by atomic mass is 16.6. The molecule has 35 heavy (non-hydrogen) atoms. The number of carbonyl (C=O) groups excluding carboxylic acids is 3. The lowest BCUT2D eigenvalue weighted by atomic mass is 9.37. The molecule has 0 amide bonds. The minimum atomic E-state index is -1.29. The van der Waals surface area contributed by atoms with Gasteiger partial charge in [-0.3, -0.25) is 14.4 Å². The summed E-state index contributed by atoms with van der Waals surface area (Å²) in [5.74, 6) is -3.24. The van der Waals surface area contributed by atoms with Gasteiger partial charge in [-0.15, -0.1) is 0 Å². The number of hydrogen-bond acceptors (Lipinski definition) is 9. The second-order valence-electron chi connectivity index (χ2n) is 11.9. The Morgan fingerprint density at radius 1 is 0.886 bits per heavy atom. The molecule has 0 heterocycles. The summed E-state index contributed by atoms with van der Waals surface area (Å²) < 4.78 is 17.4. The number of fused-ring (bicyclic) bond motifs is 3. The molecule has 3 N–H and O–H groups in total. The van der Waals surface area contributed by atoms with Gasteiger partial charge in [-0.05, 0) is 29.7 Å². The number of ether oxygens (including phenoxy) is 3. The maximum atomic E-state index is 12.3. The van der Waals surface area contributed by atoms with Gasteiger partial charge in [0.1, 0.15) is 18.3 Å². The Hall–Kier alpha value is -1.97. The number of carbonyl (C=O) groups is 3. The third-order valence-corrected chi connectivity index (χ3v) is 9.68. The Morgan fingerprint density at radius 3 is 2.00 bits per heavy atom. The van der Waals surface area contributed by atoms with Crippen LogP contribution in [0.2, 0.25) is 0 Å². The molecule has 1 spiro atoms. The minimum Gasteiger partial charge on any atom is -0.462 e. The third kappa shape index (κ3) is 3.49. The number of rotatable bonds is 3. The van der Waals surface area contributed by atoms with Gasteiger partial charge in [-0.1, -0.05) is 27.4 Å². The summed E-state index contributed by atoms with van der Waals surface area (Å²) in [4.78, 5) is 36.7. The van der Waals surface area contributed by atoms with Crippen molar-refractivity contribution < 1.29 is 43.9 Å². The highest BCUT2D eigenvalue weighted by Crippen LogP contribution is 2.73.